The van der Waals surface area contributed by atoms with Gasteiger partial charge in [-0.3, -0.25) is 0 Å². The van der Waals surface area contributed by atoms with E-state index in [2.05, 4.69) is 32.1 Å². The van der Waals surface area contributed by atoms with Crippen LogP contribution in [0.4, 0.5) is 0 Å². The molecule has 0 amide bonds. The molecule has 0 aliphatic carbocycles. The molecule has 5 heteroatoms. The van der Waals surface area contributed by atoms with Crippen molar-refractivity contribution in [1.29, 1.82) is 0 Å². The van der Waals surface area contributed by atoms with E-state index >= 15 is 0 Å². The second kappa shape index (κ2) is 5.11. The van der Waals surface area contributed by atoms with Crippen LogP contribution in [0.2, 0.25) is 0 Å². The number of hydrogen-bond acceptors (Lipinski definition) is 3. The molecule has 0 fully saturated rings. The standard InChI is InChI=1S/C14H13BrN4/c15-12-4-2-1-3-11(12)7-13-17-14-6-5-10(8-16)9-19(14)18-13/h1-6,9H,7-8,16H2. The monoisotopic (exact) mass is 316 g/mol. The van der Waals surface area contributed by atoms with E-state index in [1.54, 1.807) is 4.52 Å². The van der Waals surface area contributed by atoms with Crippen molar-refractivity contribution in [3.05, 3.63) is 64.0 Å². The molecule has 19 heavy (non-hydrogen) atoms. The highest BCUT2D eigenvalue weighted by Gasteiger charge is 2.07. The van der Waals surface area contributed by atoms with Crippen molar-refractivity contribution in [3.63, 3.8) is 0 Å². The Bertz CT molecular complexity index is 720. The van der Waals surface area contributed by atoms with Crippen molar-refractivity contribution in [2.75, 3.05) is 0 Å². The number of nitrogens with two attached hydrogens (primary N) is 1. The Morgan fingerprint density at radius 1 is 1.16 bits per heavy atom. The second-order valence-electron chi connectivity index (χ2n) is 4.34. The van der Waals surface area contributed by atoms with E-state index < -0.39 is 0 Å². The molecule has 0 saturated carbocycles. The first-order chi connectivity index (χ1) is 9.26. The van der Waals surface area contributed by atoms with Crippen molar-refractivity contribution >= 4 is 21.6 Å². The van der Waals surface area contributed by atoms with Crippen molar-refractivity contribution in [2.45, 2.75) is 13.0 Å². The number of halogens is 1. The molecule has 0 aliphatic heterocycles. The highest BCUT2D eigenvalue weighted by molar-refractivity contribution is 9.10. The number of rotatable bonds is 3. The van der Waals surface area contributed by atoms with Crippen LogP contribution in [0.1, 0.15) is 17.0 Å². The molecule has 0 atom stereocenters. The van der Waals surface area contributed by atoms with Crippen LogP contribution >= 0.6 is 15.9 Å². The minimum atomic E-state index is 0.509. The molecule has 0 unspecified atom stereocenters. The lowest BCUT2D eigenvalue weighted by atomic mass is 10.1. The molecule has 0 bridgehead atoms. The molecule has 4 nitrogen and oxygen atoms in total. The first kappa shape index (κ1) is 12.3. The Morgan fingerprint density at radius 2 is 2.00 bits per heavy atom. The predicted octanol–water partition coefficient (Wildman–Crippen LogP) is 2.54. The Morgan fingerprint density at radius 3 is 2.79 bits per heavy atom. The van der Waals surface area contributed by atoms with Gasteiger partial charge in [0.05, 0.1) is 0 Å². The summed E-state index contributed by atoms with van der Waals surface area (Å²) in [6, 6.07) is 12.0. The summed E-state index contributed by atoms with van der Waals surface area (Å²) in [4.78, 5) is 4.51. The van der Waals surface area contributed by atoms with Gasteiger partial charge in [-0.1, -0.05) is 40.2 Å². The third kappa shape index (κ3) is 2.52. The number of aromatic nitrogens is 3. The van der Waals surface area contributed by atoms with E-state index in [-0.39, 0.29) is 0 Å². The summed E-state index contributed by atoms with van der Waals surface area (Å²) >= 11 is 3.54. The lowest BCUT2D eigenvalue weighted by molar-refractivity contribution is 0.883. The molecule has 3 rings (SSSR count). The number of fused-ring (bicyclic) bond motifs is 1. The summed E-state index contributed by atoms with van der Waals surface area (Å²) in [5, 5.41) is 4.49. The number of nitrogens with zero attached hydrogens (tertiary/aromatic N) is 3. The molecular formula is C14H13BrN4. The van der Waals surface area contributed by atoms with Crippen LogP contribution in [0, 0.1) is 0 Å². The maximum Gasteiger partial charge on any atom is 0.156 e. The van der Waals surface area contributed by atoms with Gasteiger partial charge < -0.3 is 5.73 Å². The Kier molecular flexibility index (Phi) is 3.31. The average molecular weight is 317 g/mol. The molecule has 0 saturated heterocycles. The van der Waals surface area contributed by atoms with Crippen molar-refractivity contribution in [3.8, 4) is 0 Å². The number of pyridine rings is 1. The first-order valence-corrected chi connectivity index (χ1v) is 6.83. The van der Waals surface area contributed by atoms with E-state index in [4.69, 9.17) is 5.73 Å². The molecule has 0 aliphatic rings. The van der Waals surface area contributed by atoms with Gasteiger partial charge in [-0.2, -0.15) is 5.10 Å². The average Bonchev–Trinajstić information content (AvgIpc) is 2.82. The van der Waals surface area contributed by atoms with E-state index in [1.807, 2.05) is 36.5 Å². The number of hydrogen-bond donors (Lipinski definition) is 1. The minimum Gasteiger partial charge on any atom is -0.326 e. The third-order valence-corrected chi connectivity index (χ3v) is 3.75. The van der Waals surface area contributed by atoms with Gasteiger partial charge in [0, 0.05) is 23.6 Å². The largest absolute Gasteiger partial charge is 0.326 e. The lowest BCUT2D eigenvalue weighted by Gasteiger charge is -1.99. The van der Waals surface area contributed by atoms with Crippen molar-refractivity contribution in [2.24, 2.45) is 5.73 Å². The molecule has 0 spiro atoms. The molecule has 2 N–H and O–H groups in total. The van der Waals surface area contributed by atoms with Crippen LogP contribution in [0.15, 0.2) is 47.1 Å². The summed E-state index contributed by atoms with van der Waals surface area (Å²) in [6.45, 7) is 0.509. The van der Waals surface area contributed by atoms with Crippen LogP contribution < -0.4 is 5.73 Å². The van der Waals surface area contributed by atoms with Crippen LogP contribution in [0.5, 0.6) is 0 Å². The lowest BCUT2D eigenvalue weighted by Crippen LogP contribution is -1.99. The number of benzene rings is 1. The van der Waals surface area contributed by atoms with Crippen LogP contribution in [-0.2, 0) is 13.0 Å². The smallest absolute Gasteiger partial charge is 0.156 e. The molecule has 1 aromatic carbocycles. The Hall–Kier alpha value is -1.72. The molecule has 2 aromatic heterocycles. The third-order valence-electron chi connectivity index (χ3n) is 2.98. The van der Waals surface area contributed by atoms with Crippen LogP contribution in [-0.4, -0.2) is 14.6 Å². The summed E-state index contributed by atoms with van der Waals surface area (Å²) in [5.74, 6) is 0.807. The zero-order valence-corrected chi connectivity index (χ0v) is 11.8. The minimum absolute atomic E-state index is 0.509. The molecule has 2 heterocycles. The quantitative estimate of drug-likeness (QED) is 0.808. The topological polar surface area (TPSA) is 56.2 Å². The zero-order valence-electron chi connectivity index (χ0n) is 10.3. The fourth-order valence-electron chi connectivity index (χ4n) is 1.98. The highest BCUT2D eigenvalue weighted by atomic mass is 79.9. The summed E-state index contributed by atoms with van der Waals surface area (Å²) < 4.78 is 2.87. The zero-order chi connectivity index (χ0) is 13.2. The van der Waals surface area contributed by atoms with Gasteiger partial charge in [-0.15, -0.1) is 0 Å². The fourth-order valence-corrected chi connectivity index (χ4v) is 2.40. The van der Waals surface area contributed by atoms with Gasteiger partial charge in [0.2, 0.25) is 0 Å². The second-order valence-corrected chi connectivity index (χ2v) is 5.19. The van der Waals surface area contributed by atoms with Crippen molar-refractivity contribution < 1.29 is 0 Å². The molecule has 96 valence electrons. The van der Waals surface area contributed by atoms with Gasteiger partial charge >= 0.3 is 0 Å². The van der Waals surface area contributed by atoms with Crippen LogP contribution in [0.25, 0.3) is 5.65 Å². The Labute approximate surface area is 119 Å². The van der Waals surface area contributed by atoms with Gasteiger partial charge in [0.1, 0.15) is 0 Å². The molecular weight excluding hydrogens is 304 g/mol. The van der Waals surface area contributed by atoms with Gasteiger partial charge in [0.25, 0.3) is 0 Å². The van der Waals surface area contributed by atoms with Gasteiger partial charge in [-0.25, -0.2) is 9.50 Å². The maximum absolute atomic E-state index is 5.62. The van der Waals surface area contributed by atoms with Crippen molar-refractivity contribution in [1.82, 2.24) is 14.6 Å². The van der Waals surface area contributed by atoms with E-state index in [9.17, 15) is 0 Å². The van der Waals surface area contributed by atoms with Gasteiger partial charge in [-0.05, 0) is 23.3 Å². The summed E-state index contributed by atoms with van der Waals surface area (Å²) in [5.41, 5.74) is 8.69. The maximum atomic E-state index is 5.62. The normalized spacial score (nSPS) is 11.1. The summed E-state index contributed by atoms with van der Waals surface area (Å²) in [7, 11) is 0. The van der Waals surface area contributed by atoms with E-state index in [0.717, 1.165) is 21.5 Å². The SMILES string of the molecule is NCc1ccc2nc(Cc3ccccc3Br)nn2c1. The fraction of sp³-hybridized carbons (Fsp3) is 0.143. The Balaban J connectivity index is 1.95. The summed E-state index contributed by atoms with van der Waals surface area (Å²) in [6.07, 6.45) is 2.63. The first-order valence-electron chi connectivity index (χ1n) is 6.04. The van der Waals surface area contributed by atoms with Gasteiger partial charge in [0.15, 0.2) is 11.5 Å². The van der Waals surface area contributed by atoms with Crippen LogP contribution in [0.3, 0.4) is 0 Å². The highest BCUT2D eigenvalue weighted by Crippen LogP contribution is 2.18. The van der Waals surface area contributed by atoms with E-state index in [1.165, 1.54) is 5.56 Å². The van der Waals surface area contributed by atoms with E-state index in [0.29, 0.717) is 13.0 Å². The molecule has 3 aromatic rings. The molecule has 0 radical (unpaired) electrons. The predicted molar refractivity (Wildman–Crippen MR) is 77.8 cm³/mol.